The summed E-state index contributed by atoms with van der Waals surface area (Å²) in [5.74, 6) is 0.492. The molecular weight excluding hydrogens is 496 g/mol. The maximum atomic E-state index is 12.4. The Morgan fingerprint density at radius 2 is 1.90 bits per heavy atom. The van der Waals surface area contributed by atoms with Crippen molar-refractivity contribution in [1.82, 2.24) is 4.98 Å². The highest BCUT2D eigenvalue weighted by atomic mass is 79.9. The molecule has 0 unspecified atom stereocenters. The van der Waals surface area contributed by atoms with Crippen LogP contribution in [0.25, 0.3) is 0 Å². The number of aromatic nitrogens is 1. The second kappa shape index (κ2) is 10.5. The van der Waals surface area contributed by atoms with Crippen LogP contribution in [-0.4, -0.2) is 17.9 Å². The van der Waals surface area contributed by atoms with Gasteiger partial charge in [0.25, 0.3) is 0 Å². The van der Waals surface area contributed by atoms with Crippen molar-refractivity contribution in [3.8, 4) is 17.2 Å². The smallest absolute Gasteiger partial charge is 0.387 e. The van der Waals surface area contributed by atoms with Crippen molar-refractivity contribution in [2.24, 2.45) is 0 Å². The maximum Gasteiger partial charge on any atom is 0.387 e. The average Bonchev–Trinajstić information content (AvgIpc) is 2.74. The number of ether oxygens (including phenoxy) is 3. The Morgan fingerprint density at radius 3 is 2.65 bits per heavy atom. The van der Waals surface area contributed by atoms with Crippen LogP contribution in [0.4, 0.5) is 8.78 Å². The van der Waals surface area contributed by atoms with Crippen molar-refractivity contribution < 1.29 is 27.8 Å². The molecule has 0 saturated heterocycles. The van der Waals surface area contributed by atoms with Crippen molar-refractivity contribution in [3.63, 3.8) is 0 Å². The second-order valence-corrected chi connectivity index (χ2v) is 7.71. The molecule has 31 heavy (non-hydrogen) atoms. The van der Waals surface area contributed by atoms with E-state index in [1.165, 1.54) is 30.6 Å². The van der Waals surface area contributed by atoms with Gasteiger partial charge < -0.3 is 14.2 Å². The van der Waals surface area contributed by atoms with E-state index in [0.717, 1.165) is 15.6 Å². The van der Waals surface area contributed by atoms with Gasteiger partial charge in [0.15, 0.2) is 6.29 Å². The Balaban J connectivity index is 1.76. The summed E-state index contributed by atoms with van der Waals surface area (Å²) in [4.78, 5) is 15.3. The van der Waals surface area contributed by atoms with E-state index in [9.17, 15) is 13.6 Å². The molecule has 0 aliphatic rings. The van der Waals surface area contributed by atoms with Crippen LogP contribution in [0.15, 0.2) is 53.3 Å². The minimum absolute atomic E-state index is 0.0277. The molecule has 0 spiro atoms. The Kier molecular flexibility index (Phi) is 7.81. The van der Waals surface area contributed by atoms with E-state index in [-0.39, 0.29) is 35.3 Å². The zero-order chi connectivity index (χ0) is 22.4. The summed E-state index contributed by atoms with van der Waals surface area (Å²) in [6.45, 7) is -0.750. The molecule has 162 valence electrons. The quantitative estimate of drug-likeness (QED) is 0.312. The first-order chi connectivity index (χ1) is 14.9. The van der Waals surface area contributed by atoms with Crippen molar-refractivity contribution >= 4 is 33.8 Å². The van der Waals surface area contributed by atoms with Gasteiger partial charge in [-0.3, -0.25) is 9.78 Å². The van der Waals surface area contributed by atoms with E-state index in [0.29, 0.717) is 17.6 Å². The predicted molar refractivity (Wildman–Crippen MR) is 115 cm³/mol. The number of alkyl halides is 2. The normalized spacial score (nSPS) is 10.8. The summed E-state index contributed by atoms with van der Waals surface area (Å²) < 4.78 is 41.6. The molecule has 3 rings (SSSR count). The third-order valence-corrected chi connectivity index (χ3v) is 5.50. The first-order valence-electron chi connectivity index (χ1n) is 9.04. The van der Waals surface area contributed by atoms with E-state index in [2.05, 4.69) is 25.7 Å². The fourth-order valence-corrected chi connectivity index (χ4v) is 3.35. The van der Waals surface area contributed by atoms with Crippen LogP contribution in [0.2, 0.25) is 5.02 Å². The summed E-state index contributed by atoms with van der Waals surface area (Å²) >= 11 is 9.74. The van der Waals surface area contributed by atoms with Crippen LogP contribution in [0, 0.1) is 6.92 Å². The number of nitrogens with zero attached hydrogens (tertiary/aromatic N) is 1. The molecule has 0 saturated carbocycles. The number of pyridine rings is 1. The maximum absolute atomic E-state index is 12.4. The van der Waals surface area contributed by atoms with Gasteiger partial charge >= 0.3 is 6.61 Å². The lowest BCUT2D eigenvalue weighted by Crippen LogP contribution is -2.04. The zero-order valence-electron chi connectivity index (χ0n) is 16.3. The molecule has 9 heteroatoms. The van der Waals surface area contributed by atoms with E-state index >= 15 is 0 Å². The van der Waals surface area contributed by atoms with E-state index in [1.54, 1.807) is 0 Å². The van der Waals surface area contributed by atoms with Crippen LogP contribution in [-0.2, 0) is 13.2 Å². The molecule has 2 aromatic carbocycles. The lowest BCUT2D eigenvalue weighted by Gasteiger charge is -2.14. The fraction of sp³-hybridized carbons (Fsp3) is 0.182. The van der Waals surface area contributed by atoms with Gasteiger partial charge in [0.2, 0.25) is 0 Å². The van der Waals surface area contributed by atoms with Gasteiger partial charge in [-0.2, -0.15) is 8.78 Å². The highest BCUT2D eigenvalue weighted by molar-refractivity contribution is 9.10. The average molecular weight is 513 g/mol. The first-order valence-corrected chi connectivity index (χ1v) is 10.2. The second-order valence-electron chi connectivity index (χ2n) is 6.45. The molecule has 0 atom stereocenters. The summed E-state index contributed by atoms with van der Waals surface area (Å²) in [7, 11) is 0. The molecule has 0 fully saturated rings. The van der Waals surface area contributed by atoms with E-state index in [1.807, 2.05) is 25.1 Å². The number of hydrogen-bond acceptors (Lipinski definition) is 5. The van der Waals surface area contributed by atoms with Gasteiger partial charge in [-0.25, -0.2) is 0 Å². The van der Waals surface area contributed by atoms with Crippen LogP contribution in [0.1, 0.15) is 27.0 Å². The molecule has 0 radical (unpaired) electrons. The first kappa shape index (κ1) is 23.0. The predicted octanol–water partition coefficient (Wildman–Crippen LogP) is 6.38. The minimum Gasteiger partial charge on any atom is -0.488 e. The summed E-state index contributed by atoms with van der Waals surface area (Å²) in [6.07, 6.45) is 3.23. The molecule has 0 N–H and O–H groups in total. The van der Waals surface area contributed by atoms with Crippen LogP contribution in [0.5, 0.6) is 17.2 Å². The number of benzene rings is 2. The lowest BCUT2D eigenvalue weighted by molar-refractivity contribution is -0.0501. The fourth-order valence-electron chi connectivity index (χ4n) is 2.71. The van der Waals surface area contributed by atoms with E-state index in [4.69, 9.17) is 21.1 Å². The van der Waals surface area contributed by atoms with Crippen LogP contribution in [0.3, 0.4) is 0 Å². The Morgan fingerprint density at radius 1 is 1.13 bits per heavy atom. The van der Waals surface area contributed by atoms with Gasteiger partial charge in [-0.1, -0.05) is 39.7 Å². The number of carbonyl (C=O) groups excluding carboxylic acids is 1. The number of carbonyl (C=O) groups is 1. The number of aldehydes is 1. The third kappa shape index (κ3) is 6.15. The van der Waals surface area contributed by atoms with Crippen molar-refractivity contribution in [1.29, 1.82) is 0 Å². The third-order valence-electron chi connectivity index (χ3n) is 4.34. The molecule has 3 aromatic rings. The minimum atomic E-state index is -2.95. The number of rotatable bonds is 9. The molecular formula is C22H17BrClF2NO4. The molecule has 0 amide bonds. The molecule has 1 aromatic heterocycles. The van der Waals surface area contributed by atoms with Gasteiger partial charge in [-0.05, 0) is 36.2 Å². The zero-order valence-corrected chi connectivity index (χ0v) is 18.6. The largest absolute Gasteiger partial charge is 0.488 e. The SMILES string of the molecule is Cc1c(Br)cccc1COc1cc(OCc2cncc(OC(F)F)c2)c(C=O)cc1Cl. The topological polar surface area (TPSA) is 57.6 Å². The van der Waals surface area contributed by atoms with Gasteiger partial charge in [0.05, 0.1) is 16.8 Å². The summed E-state index contributed by atoms with van der Waals surface area (Å²) in [5.41, 5.74) is 2.72. The molecule has 5 nitrogen and oxygen atoms in total. The summed E-state index contributed by atoms with van der Waals surface area (Å²) in [6, 6.07) is 10.1. The Hall–Kier alpha value is -2.71. The van der Waals surface area contributed by atoms with Gasteiger partial charge in [0.1, 0.15) is 30.5 Å². The molecule has 0 aliphatic carbocycles. The summed E-state index contributed by atoms with van der Waals surface area (Å²) in [5, 5.41) is 0.260. The van der Waals surface area contributed by atoms with Crippen LogP contribution < -0.4 is 14.2 Å². The van der Waals surface area contributed by atoms with Gasteiger partial charge in [0, 0.05) is 22.3 Å². The van der Waals surface area contributed by atoms with Crippen molar-refractivity contribution in [2.45, 2.75) is 26.7 Å². The van der Waals surface area contributed by atoms with Crippen molar-refractivity contribution in [2.75, 3.05) is 0 Å². The lowest BCUT2D eigenvalue weighted by atomic mass is 10.1. The van der Waals surface area contributed by atoms with Crippen molar-refractivity contribution in [3.05, 3.63) is 80.5 Å². The monoisotopic (exact) mass is 511 g/mol. The number of hydrogen-bond donors (Lipinski definition) is 0. The molecule has 0 bridgehead atoms. The highest BCUT2D eigenvalue weighted by Crippen LogP contribution is 2.33. The standard InChI is InChI=1S/C22H17BrClF2NO4/c1-13-15(3-2-4-18(13)23)12-30-21-7-20(16(10-28)6-19(21)24)29-11-14-5-17(9-27-8-14)31-22(25)26/h2-10,22H,11-12H2,1H3. The van der Waals surface area contributed by atoms with Gasteiger partial charge in [-0.15, -0.1) is 0 Å². The highest BCUT2D eigenvalue weighted by Gasteiger charge is 2.13. The Labute approximate surface area is 191 Å². The van der Waals surface area contributed by atoms with E-state index < -0.39 is 6.61 Å². The number of halogens is 4. The molecule has 1 heterocycles. The molecule has 0 aliphatic heterocycles. The Bertz CT molecular complexity index is 1080. The van der Waals surface area contributed by atoms with Crippen LogP contribution >= 0.6 is 27.5 Å².